The number of hydrogen-bond donors (Lipinski definition) is 0. The molecule has 0 spiro atoms. The van der Waals surface area contributed by atoms with Crippen LogP contribution in [0, 0.1) is 0 Å². The predicted molar refractivity (Wildman–Crippen MR) is 67.1 cm³/mol. The van der Waals surface area contributed by atoms with Crippen LogP contribution in [-0.2, 0) is 19.0 Å². The summed E-state index contributed by atoms with van der Waals surface area (Å²) < 4.78 is 14.8. The van der Waals surface area contributed by atoms with Crippen molar-refractivity contribution in [2.24, 2.45) is 0 Å². The van der Waals surface area contributed by atoms with Gasteiger partial charge in [0.25, 0.3) is 0 Å². The summed E-state index contributed by atoms with van der Waals surface area (Å²) in [4.78, 5) is 15.0. The third-order valence-corrected chi connectivity index (χ3v) is 2.54. The van der Waals surface area contributed by atoms with Crippen LogP contribution < -0.4 is 0 Å². The van der Waals surface area contributed by atoms with Crippen molar-refractivity contribution in [2.45, 2.75) is 6.29 Å². The first-order valence-corrected chi connectivity index (χ1v) is 5.47. The average molecular weight is 272 g/mol. The number of nitrogens with zero attached hydrogens (tertiary/aromatic N) is 1. The van der Waals surface area contributed by atoms with Crippen LogP contribution in [-0.4, -0.2) is 32.3 Å². The number of halogens is 1. The summed E-state index contributed by atoms with van der Waals surface area (Å²) in [6.07, 6.45) is 3.74. The molecule has 5 nitrogen and oxygen atoms in total. The Hall–Kier alpha value is -1.43. The normalized spacial score (nSPS) is 11.2. The van der Waals surface area contributed by atoms with E-state index >= 15 is 0 Å². The Bertz CT molecular complexity index is 444. The molecule has 0 saturated heterocycles. The number of hydrogen-bond acceptors (Lipinski definition) is 5. The average Bonchev–Trinajstić information content (AvgIpc) is 2.39. The second-order valence-electron chi connectivity index (χ2n) is 3.26. The molecule has 0 saturated carbocycles. The second kappa shape index (κ2) is 7.10. The summed E-state index contributed by atoms with van der Waals surface area (Å²) in [5, 5.41) is 0.260. The highest BCUT2D eigenvalue weighted by molar-refractivity contribution is 6.30. The molecule has 0 aromatic carbocycles. The van der Waals surface area contributed by atoms with Gasteiger partial charge in [-0.2, -0.15) is 0 Å². The van der Waals surface area contributed by atoms with Crippen molar-refractivity contribution in [2.75, 3.05) is 21.3 Å². The van der Waals surface area contributed by atoms with Gasteiger partial charge in [-0.05, 0) is 17.7 Å². The molecule has 0 unspecified atom stereocenters. The zero-order chi connectivity index (χ0) is 13.5. The van der Waals surface area contributed by atoms with Crippen LogP contribution in [0.3, 0.4) is 0 Å². The fraction of sp³-hybridized carbons (Fsp3) is 0.333. The minimum Gasteiger partial charge on any atom is -0.466 e. The monoisotopic (exact) mass is 271 g/mol. The molecule has 0 aliphatic heterocycles. The van der Waals surface area contributed by atoms with Gasteiger partial charge in [0, 0.05) is 26.5 Å². The molecule has 1 aromatic heterocycles. The van der Waals surface area contributed by atoms with Crippen LogP contribution in [0.25, 0.3) is 6.08 Å². The van der Waals surface area contributed by atoms with Gasteiger partial charge in [-0.1, -0.05) is 11.6 Å². The van der Waals surface area contributed by atoms with Gasteiger partial charge in [0.2, 0.25) is 0 Å². The van der Waals surface area contributed by atoms with Crippen molar-refractivity contribution in [1.29, 1.82) is 0 Å². The summed E-state index contributed by atoms with van der Waals surface area (Å²) in [6, 6.07) is 1.70. The summed E-state index contributed by atoms with van der Waals surface area (Å²) in [6.45, 7) is 0. The minimum absolute atomic E-state index is 0.260. The molecule has 0 amide bonds. The fourth-order valence-corrected chi connectivity index (χ4v) is 1.65. The van der Waals surface area contributed by atoms with E-state index in [1.165, 1.54) is 33.6 Å². The number of ether oxygens (including phenoxy) is 3. The van der Waals surface area contributed by atoms with Gasteiger partial charge in [-0.25, -0.2) is 9.78 Å². The van der Waals surface area contributed by atoms with E-state index < -0.39 is 12.3 Å². The topological polar surface area (TPSA) is 57.7 Å². The van der Waals surface area contributed by atoms with Crippen molar-refractivity contribution >= 4 is 23.6 Å². The highest BCUT2D eigenvalue weighted by Crippen LogP contribution is 2.28. The molecule has 0 fully saturated rings. The molecule has 0 atom stereocenters. The van der Waals surface area contributed by atoms with Gasteiger partial charge in [0.15, 0.2) is 6.29 Å². The maximum absolute atomic E-state index is 11.1. The molecule has 0 aliphatic carbocycles. The first-order chi connectivity index (χ1) is 8.63. The van der Waals surface area contributed by atoms with E-state index in [1.807, 2.05) is 0 Å². The molecule has 18 heavy (non-hydrogen) atoms. The molecule has 98 valence electrons. The Labute approximate surface area is 110 Å². The maximum atomic E-state index is 11.1. The van der Waals surface area contributed by atoms with Gasteiger partial charge in [-0.3, -0.25) is 0 Å². The molecule has 1 heterocycles. The zero-order valence-corrected chi connectivity index (χ0v) is 11.1. The summed E-state index contributed by atoms with van der Waals surface area (Å²) in [5.41, 5.74) is 1.23. The lowest BCUT2D eigenvalue weighted by Crippen LogP contribution is -2.07. The molecule has 0 bridgehead atoms. The van der Waals surface area contributed by atoms with Crippen LogP contribution in [0.1, 0.15) is 17.4 Å². The van der Waals surface area contributed by atoms with E-state index in [9.17, 15) is 4.79 Å². The third kappa shape index (κ3) is 3.53. The Balaban J connectivity index is 3.15. The first kappa shape index (κ1) is 14.6. The molecule has 0 radical (unpaired) electrons. The first-order valence-electron chi connectivity index (χ1n) is 5.10. The Morgan fingerprint density at radius 2 is 2.06 bits per heavy atom. The van der Waals surface area contributed by atoms with E-state index in [2.05, 4.69) is 9.72 Å². The van der Waals surface area contributed by atoms with Crippen molar-refractivity contribution in [3.05, 3.63) is 34.6 Å². The molecule has 1 rings (SSSR count). The number of carbonyl (C=O) groups excluding carboxylic acids is 1. The number of esters is 1. The second-order valence-corrected chi connectivity index (χ2v) is 3.62. The van der Waals surface area contributed by atoms with E-state index in [-0.39, 0.29) is 5.15 Å². The standard InChI is InChI=1S/C12H14ClNO4/c1-16-9(15)5-4-8-6-7-14-11(13)10(8)12(17-2)18-3/h4-7,12H,1-3H3. The quantitative estimate of drug-likeness (QED) is 0.356. The van der Waals surface area contributed by atoms with Crippen LogP contribution in [0.2, 0.25) is 5.15 Å². The highest BCUT2D eigenvalue weighted by Gasteiger charge is 2.17. The number of carbonyl (C=O) groups is 1. The van der Waals surface area contributed by atoms with Gasteiger partial charge in [0.05, 0.1) is 12.7 Å². The SMILES string of the molecule is COC(=O)C=Cc1ccnc(Cl)c1C(OC)OC. The van der Waals surface area contributed by atoms with E-state index in [0.717, 1.165) is 0 Å². The Morgan fingerprint density at radius 1 is 1.39 bits per heavy atom. The van der Waals surface area contributed by atoms with Crippen molar-refractivity contribution < 1.29 is 19.0 Å². The number of rotatable bonds is 5. The molecule has 6 heteroatoms. The van der Waals surface area contributed by atoms with Crippen LogP contribution in [0.4, 0.5) is 0 Å². The minimum atomic E-state index is -0.650. The molecular formula is C12H14ClNO4. The van der Waals surface area contributed by atoms with E-state index in [1.54, 1.807) is 12.1 Å². The Morgan fingerprint density at radius 3 is 2.61 bits per heavy atom. The van der Waals surface area contributed by atoms with Gasteiger partial charge in [-0.15, -0.1) is 0 Å². The van der Waals surface area contributed by atoms with Gasteiger partial charge in [0.1, 0.15) is 5.15 Å². The summed E-state index contributed by atoms with van der Waals surface area (Å²) >= 11 is 6.01. The van der Waals surface area contributed by atoms with Gasteiger partial charge < -0.3 is 14.2 Å². The lowest BCUT2D eigenvalue weighted by molar-refractivity contribution is -0.134. The van der Waals surface area contributed by atoms with Crippen LogP contribution >= 0.6 is 11.6 Å². The predicted octanol–water partition coefficient (Wildman–Crippen LogP) is 2.21. The molecular weight excluding hydrogens is 258 g/mol. The van der Waals surface area contributed by atoms with Crippen molar-refractivity contribution in [3.63, 3.8) is 0 Å². The molecule has 0 aliphatic rings. The van der Waals surface area contributed by atoms with Crippen LogP contribution in [0.5, 0.6) is 0 Å². The third-order valence-electron chi connectivity index (χ3n) is 2.24. The zero-order valence-electron chi connectivity index (χ0n) is 10.3. The number of aromatic nitrogens is 1. The smallest absolute Gasteiger partial charge is 0.330 e. The maximum Gasteiger partial charge on any atom is 0.330 e. The highest BCUT2D eigenvalue weighted by atomic mass is 35.5. The number of methoxy groups -OCH3 is 3. The van der Waals surface area contributed by atoms with Crippen LogP contribution in [0.15, 0.2) is 18.3 Å². The Kier molecular flexibility index (Phi) is 5.77. The van der Waals surface area contributed by atoms with Gasteiger partial charge >= 0.3 is 5.97 Å². The van der Waals surface area contributed by atoms with Crippen molar-refractivity contribution in [1.82, 2.24) is 4.98 Å². The number of pyridine rings is 1. The fourth-order valence-electron chi connectivity index (χ4n) is 1.40. The summed E-state index contributed by atoms with van der Waals surface area (Å²) in [7, 11) is 4.29. The molecule has 1 aromatic rings. The summed E-state index contributed by atoms with van der Waals surface area (Å²) in [5.74, 6) is -0.458. The lowest BCUT2D eigenvalue weighted by Gasteiger charge is -2.16. The lowest BCUT2D eigenvalue weighted by atomic mass is 10.1. The largest absolute Gasteiger partial charge is 0.466 e. The van der Waals surface area contributed by atoms with Crippen molar-refractivity contribution in [3.8, 4) is 0 Å². The van der Waals surface area contributed by atoms with E-state index in [4.69, 9.17) is 21.1 Å². The molecule has 0 N–H and O–H groups in total. The van der Waals surface area contributed by atoms with E-state index in [0.29, 0.717) is 11.1 Å².